The second-order valence-corrected chi connectivity index (χ2v) is 8.47. The molecule has 3 amide bonds. The number of amides is 3. The fourth-order valence-electron chi connectivity index (χ4n) is 4.41. The smallest absolute Gasteiger partial charge is 0.244 e. The Morgan fingerprint density at radius 2 is 1.69 bits per heavy atom. The normalized spacial score (nSPS) is 13.7. The van der Waals surface area contributed by atoms with E-state index in [-0.39, 0.29) is 37.1 Å². The van der Waals surface area contributed by atoms with Crippen LogP contribution < -0.4 is 15.5 Å². The zero-order valence-electron chi connectivity index (χ0n) is 19.3. The lowest BCUT2D eigenvalue weighted by Gasteiger charge is -2.29. The molecule has 1 aliphatic rings. The Bertz CT molecular complexity index is 1410. The highest BCUT2D eigenvalue weighted by Gasteiger charge is 2.28. The molecule has 0 radical (unpaired) electrons. The van der Waals surface area contributed by atoms with Crippen LogP contribution in [0.25, 0.3) is 11.0 Å². The molecule has 1 unspecified atom stereocenters. The Balaban J connectivity index is 1.33. The van der Waals surface area contributed by atoms with Gasteiger partial charge in [0.15, 0.2) is 0 Å². The summed E-state index contributed by atoms with van der Waals surface area (Å²) < 4.78 is 1.97. The molecule has 8 nitrogen and oxygen atoms in total. The average molecular weight is 468 g/mol. The number of anilines is 2. The Labute approximate surface area is 202 Å². The number of hydrogen-bond donors (Lipinski definition) is 2. The van der Waals surface area contributed by atoms with Gasteiger partial charge < -0.3 is 20.1 Å². The molecule has 8 heteroatoms. The van der Waals surface area contributed by atoms with Crippen molar-refractivity contribution in [2.75, 3.05) is 16.8 Å². The van der Waals surface area contributed by atoms with Crippen molar-refractivity contribution in [3.63, 3.8) is 0 Å². The van der Waals surface area contributed by atoms with Gasteiger partial charge in [-0.05, 0) is 29.8 Å². The van der Waals surface area contributed by atoms with E-state index in [0.29, 0.717) is 17.2 Å². The third kappa shape index (κ3) is 4.50. The number of nitrogens with one attached hydrogen (secondary N) is 2. The summed E-state index contributed by atoms with van der Waals surface area (Å²) >= 11 is 0. The van der Waals surface area contributed by atoms with Gasteiger partial charge in [0.2, 0.25) is 17.7 Å². The van der Waals surface area contributed by atoms with E-state index in [1.54, 1.807) is 18.2 Å². The first-order valence-electron chi connectivity index (χ1n) is 11.5. The summed E-state index contributed by atoms with van der Waals surface area (Å²) in [5.74, 6) is -0.0957. The second-order valence-electron chi connectivity index (χ2n) is 8.47. The van der Waals surface area contributed by atoms with Gasteiger partial charge in [-0.2, -0.15) is 0 Å². The predicted molar refractivity (Wildman–Crippen MR) is 134 cm³/mol. The zero-order valence-corrected chi connectivity index (χ0v) is 19.3. The molecular formula is C27H25N5O3. The average Bonchev–Trinajstić information content (AvgIpc) is 3.22. The number of nitrogens with zero attached hydrogens (tertiary/aromatic N) is 3. The highest BCUT2D eigenvalue weighted by molar-refractivity contribution is 6.10. The lowest BCUT2D eigenvalue weighted by Crippen LogP contribution is -2.42. The van der Waals surface area contributed by atoms with E-state index in [2.05, 4.69) is 10.6 Å². The Morgan fingerprint density at radius 1 is 0.971 bits per heavy atom. The summed E-state index contributed by atoms with van der Waals surface area (Å²) in [5, 5.41) is 5.83. The monoisotopic (exact) mass is 467 g/mol. The minimum absolute atomic E-state index is 0.00754. The van der Waals surface area contributed by atoms with Gasteiger partial charge in [-0.25, -0.2) is 4.98 Å². The fraction of sp³-hybridized carbons (Fsp3) is 0.185. The van der Waals surface area contributed by atoms with Gasteiger partial charge in [0.25, 0.3) is 0 Å². The van der Waals surface area contributed by atoms with Crippen LogP contribution in [0.15, 0.2) is 78.9 Å². The third-order valence-corrected chi connectivity index (χ3v) is 6.16. The van der Waals surface area contributed by atoms with Gasteiger partial charge in [-0.15, -0.1) is 0 Å². The number of hydrogen-bond acceptors (Lipinski definition) is 4. The first-order chi connectivity index (χ1) is 17.0. The van der Waals surface area contributed by atoms with Crippen molar-refractivity contribution in [3.8, 4) is 0 Å². The van der Waals surface area contributed by atoms with Crippen molar-refractivity contribution < 1.29 is 14.4 Å². The zero-order chi connectivity index (χ0) is 24.4. The topological polar surface area (TPSA) is 96.3 Å². The standard InChI is InChI=1S/C27H25N5O3/c1-31-21-13-7-5-11-19(21)29-27(31)26(18-9-3-2-4-10-18)30-23(33)15-16-25(35)32-17-24(34)28-20-12-6-8-14-22(20)32/h2-14,26H,15-17H2,1H3,(H,28,34)(H,30,33). The molecular weight excluding hydrogens is 442 g/mol. The van der Waals surface area contributed by atoms with Crippen molar-refractivity contribution in [2.24, 2.45) is 7.05 Å². The van der Waals surface area contributed by atoms with Crippen molar-refractivity contribution in [1.82, 2.24) is 14.9 Å². The van der Waals surface area contributed by atoms with Crippen molar-refractivity contribution in [3.05, 3.63) is 90.3 Å². The van der Waals surface area contributed by atoms with Crippen molar-refractivity contribution in [2.45, 2.75) is 18.9 Å². The molecule has 1 aromatic heterocycles. The molecule has 1 atom stereocenters. The minimum Gasteiger partial charge on any atom is -0.342 e. The fourth-order valence-corrected chi connectivity index (χ4v) is 4.41. The summed E-state index contributed by atoms with van der Waals surface area (Å²) in [4.78, 5) is 44.2. The van der Waals surface area contributed by atoms with Crippen molar-refractivity contribution in [1.29, 1.82) is 0 Å². The van der Waals surface area contributed by atoms with Crippen LogP contribution in [0.1, 0.15) is 30.3 Å². The van der Waals surface area contributed by atoms with E-state index >= 15 is 0 Å². The van der Waals surface area contributed by atoms with E-state index in [4.69, 9.17) is 4.98 Å². The number of benzene rings is 3. The van der Waals surface area contributed by atoms with Gasteiger partial charge in [0.05, 0.1) is 22.4 Å². The van der Waals surface area contributed by atoms with Crippen molar-refractivity contribution >= 4 is 40.1 Å². The molecule has 0 saturated carbocycles. The molecule has 3 aromatic carbocycles. The van der Waals surface area contributed by atoms with Gasteiger partial charge in [0.1, 0.15) is 18.4 Å². The van der Waals surface area contributed by atoms with Gasteiger partial charge in [-0.3, -0.25) is 14.4 Å². The molecule has 2 N–H and O–H groups in total. The van der Waals surface area contributed by atoms with E-state index in [1.165, 1.54) is 4.90 Å². The number of fused-ring (bicyclic) bond motifs is 2. The highest BCUT2D eigenvalue weighted by Crippen LogP contribution is 2.30. The van der Waals surface area contributed by atoms with Gasteiger partial charge in [0, 0.05) is 19.9 Å². The molecule has 0 bridgehead atoms. The van der Waals surface area contributed by atoms with Crippen LogP contribution in [0.3, 0.4) is 0 Å². The molecule has 0 aliphatic carbocycles. The molecule has 35 heavy (non-hydrogen) atoms. The minimum atomic E-state index is -0.474. The lowest BCUT2D eigenvalue weighted by molar-refractivity contribution is -0.126. The van der Waals surface area contributed by atoms with E-state index in [1.807, 2.05) is 72.3 Å². The summed E-state index contributed by atoms with van der Waals surface area (Å²) in [6.45, 7) is -0.0655. The molecule has 2 heterocycles. The Morgan fingerprint density at radius 3 is 2.49 bits per heavy atom. The maximum absolute atomic E-state index is 13.0. The summed E-state index contributed by atoms with van der Waals surface area (Å²) in [7, 11) is 1.93. The molecule has 0 saturated heterocycles. The second kappa shape index (κ2) is 9.42. The molecule has 1 aliphatic heterocycles. The molecule has 0 fully saturated rings. The number of imidazole rings is 1. The number of carbonyl (C=O) groups is 3. The van der Waals surface area contributed by atoms with E-state index in [9.17, 15) is 14.4 Å². The molecule has 5 rings (SSSR count). The van der Waals surface area contributed by atoms with Crippen LogP contribution in [0, 0.1) is 0 Å². The first-order valence-corrected chi connectivity index (χ1v) is 11.5. The Kier molecular flexibility index (Phi) is 6.01. The lowest BCUT2D eigenvalue weighted by atomic mass is 10.1. The quantitative estimate of drug-likeness (QED) is 0.453. The molecule has 176 valence electrons. The largest absolute Gasteiger partial charge is 0.342 e. The molecule has 0 spiro atoms. The maximum Gasteiger partial charge on any atom is 0.244 e. The SMILES string of the molecule is Cn1c(C(NC(=O)CCC(=O)N2CC(=O)Nc3ccccc32)c2ccccc2)nc2ccccc21. The van der Waals surface area contributed by atoms with Gasteiger partial charge in [-0.1, -0.05) is 54.6 Å². The van der Waals surface area contributed by atoms with E-state index < -0.39 is 6.04 Å². The van der Waals surface area contributed by atoms with Crippen LogP contribution in [-0.2, 0) is 21.4 Å². The maximum atomic E-state index is 13.0. The number of carbonyl (C=O) groups excluding carboxylic acids is 3. The summed E-state index contributed by atoms with van der Waals surface area (Å²) in [6, 6.07) is 24.1. The summed E-state index contributed by atoms with van der Waals surface area (Å²) in [6.07, 6.45) is -0.0239. The molecule has 4 aromatic rings. The number of para-hydroxylation sites is 4. The number of rotatable bonds is 6. The van der Waals surface area contributed by atoms with Crippen LogP contribution in [0.5, 0.6) is 0 Å². The Hall–Kier alpha value is -4.46. The van der Waals surface area contributed by atoms with Crippen LogP contribution >= 0.6 is 0 Å². The third-order valence-electron chi connectivity index (χ3n) is 6.16. The van der Waals surface area contributed by atoms with Crippen LogP contribution in [-0.4, -0.2) is 33.8 Å². The summed E-state index contributed by atoms with van der Waals surface area (Å²) in [5.41, 5.74) is 3.94. The van der Waals surface area contributed by atoms with Crippen LogP contribution in [0.4, 0.5) is 11.4 Å². The number of aryl methyl sites for hydroxylation is 1. The first kappa shape index (κ1) is 22.3. The van der Waals surface area contributed by atoms with Gasteiger partial charge >= 0.3 is 0 Å². The van der Waals surface area contributed by atoms with Crippen LogP contribution in [0.2, 0.25) is 0 Å². The van der Waals surface area contributed by atoms with E-state index in [0.717, 1.165) is 16.6 Å². The predicted octanol–water partition coefficient (Wildman–Crippen LogP) is 3.54. The highest BCUT2D eigenvalue weighted by atomic mass is 16.2. The number of aromatic nitrogens is 2.